The zero-order valence-electron chi connectivity index (χ0n) is 9.34. The third-order valence-corrected chi connectivity index (χ3v) is 4.85. The van der Waals surface area contributed by atoms with Crippen molar-refractivity contribution in [2.24, 2.45) is 0 Å². The van der Waals surface area contributed by atoms with Crippen molar-refractivity contribution in [2.75, 3.05) is 11.8 Å². The van der Waals surface area contributed by atoms with Gasteiger partial charge in [-0.05, 0) is 6.92 Å². The summed E-state index contributed by atoms with van der Waals surface area (Å²) in [7, 11) is -2.52. The van der Waals surface area contributed by atoms with Gasteiger partial charge in [-0.25, -0.2) is 18.2 Å². The molecule has 11 heteroatoms. The second-order valence-electron chi connectivity index (χ2n) is 3.20. The van der Waals surface area contributed by atoms with E-state index in [-0.39, 0.29) is 21.9 Å². The summed E-state index contributed by atoms with van der Waals surface area (Å²) < 4.78 is 30.7. The molecule has 2 heterocycles. The molecule has 98 valence electrons. The van der Waals surface area contributed by atoms with Crippen LogP contribution < -0.4 is 14.3 Å². The molecule has 2 rings (SSSR count). The average Bonchev–Trinajstić information content (AvgIpc) is 2.84. The molecule has 0 atom stereocenters. The lowest BCUT2D eigenvalue weighted by atomic mass is 10.6. The Balaban J connectivity index is 2.32. The topological polar surface area (TPSA) is 130 Å². The van der Waals surface area contributed by atoms with Gasteiger partial charge in [-0.2, -0.15) is 4.98 Å². The minimum atomic E-state index is -3.87. The van der Waals surface area contributed by atoms with E-state index >= 15 is 0 Å². The zero-order valence-corrected chi connectivity index (χ0v) is 11.0. The van der Waals surface area contributed by atoms with Gasteiger partial charge in [0.1, 0.15) is 0 Å². The van der Waals surface area contributed by atoms with Crippen molar-refractivity contribution in [3.63, 3.8) is 0 Å². The van der Waals surface area contributed by atoms with Crippen molar-refractivity contribution in [2.45, 2.75) is 11.1 Å². The van der Waals surface area contributed by atoms with Gasteiger partial charge < -0.3 is 9.72 Å². The van der Waals surface area contributed by atoms with E-state index in [0.29, 0.717) is 11.3 Å². The van der Waals surface area contributed by atoms with E-state index in [4.69, 9.17) is 4.74 Å². The number of sulfonamides is 1. The van der Waals surface area contributed by atoms with Crippen LogP contribution in [-0.4, -0.2) is 35.7 Å². The molecule has 0 aromatic carbocycles. The Kier molecular flexibility index (Phi) is 3.09. The predicted molar refractivity (Wildman–Crippen MR) is 63.4 cm³/mol. The van der Waals surface area contributed by atoms with E-state index in [2.05, 4.69) is 24.9 Å². The Labute approximate surface area is 105 Å². The van der Waals surface area contributed by atoms with E-state index in [1.807, 2.05) is 0 Å². The van der Waals surface area contributed by atoms with Gasteiger partial charge in [0.2, 0.25) is 5.95 Å². The second kappa shape index (κ2) is 4.42. The number of ether oxygens (including phenoxy) is 1. The van der Waals surface area contributed by atoms with Gasteiger partial charge in [0.05, 0.1) is 7.11 Å². The number of hydrogen-bond donors (Lipinski definition) is 3. The van der Waals surface area contributed by atoms with Gasteiger partial charge >= 0.3 is 10.9 Å². The summed E-state index contributed by atoms with van der Waals surface area (Å²) in [5, 5.41) is 5.94. The second-order valence-corrected chi connectivity index (χ2v) is 6.06. The molecule has 3 N–H and O–H groups in total. The summed E-state index contributed by atoms with van der Waals surface area (Å²) in [6.07, 6.45) is 0. The van der Waals surface area contributed by atoms with Crippen molar-refractivity contribution >= 4 is 27.3 Å². The van der Waals surface area contributed by atoms with Gasteiger partial charge in [0, 0.05) is 5.69 Å². The number of aromatic nitrogens is 4. The number of rotatable bonds is 4. The molecule has 0 spiro atoms. The molecule has 2 aromatic heterocycles. The van der Waals surface area contributed by atoms with Crippen molar-refractivity contribution < 1.29 is 13.2 Å². The highest BCUT2D eigenvalue weighted by atomic mass is 32.2. The Bertz CT molecular complexity index is 712. The number of methoxy groups -OCH3 is 1. The van der Waals surface area contributed by atoms with Crippen LogP contribution >= 0.6 is 11.3 Å². The molecule has 9 nitrogen and oxygen atoms in total. The summed E-state index contributed by atoms with van der Waals surface area (Å²) in [5.41, 5.74) is 0.268. The molecular weight excluding hydrogens is 282 g/mol. The van der Waals surface area contributed by atoms with Gasteiger partial charge in [-0.15, -0.1) is 5.10 Å². The molecule has 0 bridgehead atoms. The molecule has 0 fully saturated rings. The van der Waals surface area contributed by atoms with Gasteiger partial charge in [-0.1, -0.05) is 11.3 Å². The quantitative estimate of drug-likeness (QED) is 0.707. The van der Waals surface area contributed by atoms with Crippen LogP contribution in [0.2, 0.25) is 0 Å². The summed E-state index contributed by atoms with van der Waals surface area (Å²) in [5.74, 6) is -0.0906. The molecule has 18 heavy (non-hydrogen) atoms. The van der Waals surface area contributed by atoms with Crippen molar-refractivity contribution in [1.29, 1.82) is 0 Å². The van der Waals surface area contributed by atoms with Gasteiger partial charge in [-0.3, -0.25) is 4.79 Å². The van der Waals surface area contributed by atoms with Crippen LogP contribution in [0.5, 0.6) is 6.01 Å². The molecule has 0 aliphatic rings. The normalized spacial score (nSPS) is 11.4. The van der Waals surface area contributed by atoms with E-state index < -0.39 is 14.9 Å². The van der Waals surface area contributed by atoms with E-state index in [1.165, 1.54) is 14.0 Å². The number of nitrogens with zero attached hydrogens (tertiary/aromatic N) is 2. The number of aromatic amines is 2. The lowest BCUT2D eigenvalue weighted by Crippen LogP contribution is -2.13. The number of hydrogen-bond acceptors (Lipinski definition) is 7. The first-order valence-electron chi connectivity index (χ1n) is 4.61. The summed E-state index contributed by atoms with van der Waals surface area (Å²) >= 11 is 0.598. The lowest BCUT2D eigenvalue weighted by molar-refractivity contribution is 0.382. The number of anilines is 1. The summed E-state index contributed by atoms with van der Waals surface area (Å²) in [4.78, 5) is 16.7. The largest absolute Gasteiger partial charge is 0.466 e. The Morgan fingerprint density at radius 3 is 2.67 bits per heavy atom. The van der Waals surface area contributed by atoms with Crippen LogP contribution in [0.4, 0.5) is 5.95 Å². The Morgan fingerprint density at radius 2 is 2.17 bits per heavy atom. The van der Waals surface area contributed by atoms with Crippen molar-refractivity contribution in [3.05, 3.63) is 15.4 Å². The predicted octanol–water partition coefficient (Wildman–Crippen LogP) is -0.328. The monoisotopic (exact) mass is 291 g/mol. The third-order valence-electron chi connectivity index (χ3n) is 1.90. The maximum absolute atomic E-state index is 11.9. The molecule has 0 aliphatic carbocycles. The fourth-order valence-electron chi connectivity index (χ4n) is 1.20. The average molecular weight is 291 g/mol. The maximum atomic E-state index is 11.9. The van der Waals surface area contributed by atoms with Crippen LogP contribution in [0.1, 0.15) is 5.69 Å². The fourth-order valence-corrected chi connectivity index (χ4v) is 3.46. The first-order chi connectivity index (χ1) is 8.42. The molecule has 0 saturated heterocycles. The highest BCUT2D eigenvalue weighted by molar-refractivity contribution is 7.94. The van der Waals surface area contributed by atoms with Crippen LogP contribution in [0.3, 0.4) is 0 Å². The lowest BCUT2D eigenvalue weighted by Gasteiger charge is -2.02. The SMILES string of the molecule is COc1n[nH]c(NS(=O)(=O)c2sc(=O)[nH]c2C)n1. The third kappa shape index (κ3) is 2.36. The minimum Gasteiger partial charge on any atom is -0.466 e. The number of nitrogens with one attached hydrogen (secondary N) is 3. The van der Waals surface area contributed by atoms with Crippen LogP contribution in [0, 0.1) is 6.92 Å². The van der Waals surface area contributed by atoms with Crippen LogP contribution in [-0.2, 0) is 10.0 Å². The molecule has 2 aromatic rings. The highest BCUT2D eigenvalue weighted by Crippen LogP contribution is 2.18. The van der Waals surface area contributed by atoms with E-state index in [1.54, 1.807) is 0 Å². The zero-order chi connectivity index (χ0) is 13.3. The standard InChI is InChI=1S/C7H9N5O4S2/c1-3-4(17-7(13)8-3)18(14,15)12-5-9-6(16-2)11-10-5/h1-2H3,(H,8,13)(H2,9,10,11,12). The Hall–Kier alpha value is -1.88. The first-order valence-corrected chi connectivity index (χ1v) is 6.91. The molecule has 0 amide bonds. The maximum Gasteiger partial charge on any atom is 0.336 e. The Morgan fingerprint density at radius 1 is 1.44 bits per heavy atom. The molecule has 0 saturated carbocycles. The fraction of sp³-hybridized carbons (Fsp3) is 0.286. The van der Waals surface area contributed by atoms with Gasteiger partial charge in [0.25, 0.3) is 10.0 Å². The van der Waals surface area contributed by atoms with Crippen molar-refractivity contribution in [1.82, 2.24) is 20.2 Å². The molecule has 0 unspecified atom stereocenters. The molecule has 0 radical (unpaired) electrons. The van der Waals surface area contributed by atoms with Crippen LogP contribution in [0.25, 0.3) is 0 Å². The smallest absolute Gasteiger partial charge is 0.336 e. The van der Waals surface area contributed by atoms with Crippen molar-refractivity contribution in [3.8, 4) is 6.01 Å². The summed E-state index contributed by atoms with van der Waals surface area (Å²) in [6, 6.07) is 0.00618. The molecular formula is C7H9N5O4S2. The molecule has 0 aliphatic heterocycles. The first kappa shape index (κ1) is 12.6. The van der Waals surface area contributed by atoms with E-state index in [0.717, 1.165) is 0 Å². The number of H-pyrrole nitrogens is 2. The van der Waals surface area contributed by atoms with Crippen LogP contribution in [0.15, 0.2) is 9.00 Å². The minimum absolute atomic E-state index is 0.00618. The number of thiazole rings is 1. The summed E-state index contributed by atoms with van der Waals surface area (Å²) in [6.45, 7) is 1.49. The highest BCUT2D eigenvalue weighted by Gasteiger charge is 2.22. The number of aryl methyl sites for hydroxylation is 1. The van der Waals surface area contributed by atoms with Gasteiger partial charge in [0.15, 0.2) is 4.21 Å². The van der Waals surface area contributed by atoms with E-state index in [9.17, 15) is 13.2 Å².